The first-order valence-corrected chi connectivity index (χ1v) is 5.27. The minimum Gasteiger partial charge on any atom is -0.341 e. The molecule has 1 N–H and O–H groups in total. The summed E-state index contributed by atoms with van der Waals surface area (Å²) < 4.78 is 1.19. The zero-order valence-corrected chi connectivity index (χ0v) is 10.2. The third-order valence-electron chi connectivity index (χ3n) is 1.62. The summed E-state index contributed by atoms with van der Waals surface area (Å²) in [6.45, 7) is -0.306. The average Bonchev–Trinajstić information content (AvgIpc) is 2.27. The molecule has 0 spiro atoms. The van der Waals surface area contributed by atoms with Crippen molar-refractivity contribution in [3.05, 3.63) is 26.3 Å². The number of nitriles is 1. The van der Waals surface area contributed by atoms with Crippen molar-refractivity contribution in [2.45, 2.75) is 6.54 Å². The molecule has 0 aliphatic heterocycles. The van der Waals surface area contributed by atoms with Crippen LogP contribution in [0.2, 0.25) is 5.15 Å². The van der Waals surface area contributed by atoms with Crippen LogP contribution in [0.4, 0.5) is 0 Å². The summed E-state index contributed by atoms with van der Waals surface area (Å²) in [5.74, 6) is -0.445. The van der Waals surface area contributed by atoms with E-state index in [4.69, 9.17) is 16.9 Å². The van der Waals surface area contributed by atoms with Crippen LogP contribution in [0.5, 0.6) is 0 Å². The number of hydrogen-bond acceptors (Lipinski definition) is 4. The lowest BCUT2D eigenvalue weighted by molar-refractivity contribution is -0.121. The molecule has 1 rings (SSSR count). The van der Waals surface area contributed by atoms with Gasteiger partial charge in [0.1, 0.15) is 17.6 Å². The Balaban J connectivity index is 2.84. The number of rotatable bonds is 3. The van der Waals surface area contributed by atoms with E-state index in [2.05, 4.69) is 26.2 Å². The van der Waals surface area contributed by atoms with Gasteiger partial charge in [0.2, 0.25) is 5.91 Å². The normalized spacial score (nSPS) is 9.56. The molecular formula is C8H6BrClN4O2. The molecule has 0 unspecified atom stereocenters. The molecule has 1 aromatic heterocycles. The van der Waals surface area contributed by atoms with Crippen molar-refractivity contribution in [3.63, 3.8) is 0 Å². The maximum Gasteiger partial charge on any atom is 0.269 e. The standard InChI is InChI=1S/C8H6BrClN4O2/c9-6-7(10)13-4-14(8(6)16)3-5(15)12-2-1-11/h4H,2-3H2,(H,12,15). The van der Waals surface area contributed by atoms with E-state index in [0.717, 1.165) is 4.57 Å². The summed E-state index contributed by atoms with van der Waals surface area (Å²) in [6, 6.07) is 1.75. The molecule has 0 bridgehead atoms. The summed E-state index contributed by atoms with van der Waals surface area (Å²) >= 11 is 8.55. The first kappa shape index (κ1) is 12.7. The van der Waals surface area contributed by atoms with E-state index in [1.54, 1.807) is 6.07 Å². The number of carbonyl (C=O) groups is 1. The van der Waals surface area contributed by atoms with Gasteiger partial charge in [0, 0.05) is 0 Å². The van der Waals surface area contributed by atoms with Crippen molar-refractivity contribution < 1.29 is 4.79 Å². The molecule has 1 amide bonds. The molecule has 0 atom stereocenters. The fraction of sp³-hybridized carbons (Fsp3) is 0.250. The van der Waals surface area contributed by atoms with Crippen LogP contribution in [0.15, 0.2) is 15.6 Å². The number of amides is 1. The van der Waals surface area contributed by atoms with Crippen LogP contribution in [0.1, 0.15) is 0 Å². The van der Waals surface area contributed by atoms with Crippen molar-refractivity contribution in [1.29, 1.82) is 5.26 Å². The second-order valence-corrected chi connectivity index (χ2v) is 3.87. The molecule has 8 heteroatoms. The number of carbonyl (C=O) groups excluding carboxylic acids is 1. The molecule has 0 aliphatic carbocycles. The zero-order valence-electron chi connectivity index (χ0n) is 7.91. The molecule has 0 fully saturated rings. The van der Waals surface area contributed by atoms with Gasteiger partial charge in [0.05, 0.1) is 12.4 Å². The SMILES string of the molecule is N#CCNC(=O)Cn1cnc(Cl)c(Br)c1=O. The molecule has 0 saturated heterocycles. The van der Waals surface area contributed by atoms with Crippen molar-refractivity contribution in [1.82, 2.24) is 14.9 Å². The molecule has 1 heterocycles. The smallest absolute Gasteiger partial charge is 0.269 e. The lowest BCUT2D eigenvalue weighted by Crippen LogP contribution is -2.32. The van der Waals surface area contributed by atoms with Crippen molar-refractivity contribution in [2.24, 2.45) is 0 Å². The van der Waals surface area contributed by atoms with E-state index in [1.165, 1.54) is 6.33 Å². The van der Waals surface area contributed by atoms with Gasteiger partial charge in [0.25, 0.3) is 5.56 Å². The van der Waals surface area contributed by atoms with Gasteiger partial charge < -0.3 is 5.32 Å². The van der Waals surface area contributed by atoms with Crippen LogP contribution in [0.3, 0.4) is 0 Å². The van der Waals surface area contributed by atoms with Crippen LogP contribution in [0.25, 0.3) is 0 Å². The zero-order chi connectivity index (χ0) is 12.1. The van der Waals surface area contributed by atoms with Gasteiger partial charge in [-0.05, 0) is 15.9 Å². The maximum atomic E-state index is 11.5. The van der Waals surface area contributed by atoms with Gasteiger partial charge >= 0.3 is 0 Å². The monoisotopic (exact) mass is 304 g/mol. The number of hydrogen-bond donors (Lipinski definition) is 1. The lowest BCUT2D eigenvalue weighted by atomic mass is 10.5. The Bertz CT molecular complexity index is 508. The number of aromatic nitrogens is 2. The molecule has 0 aromatic carbocycles. The highest BCUT2D eigenvalue weighted by Gasteiger charge is 2.09. The van der Waals surface area contributed by atoms with E-state index in [1.807, 2.05) is 0 Å². The lowest BCUT2D eigenvalue weighted by Gasteiger charge is -2.05. The minimum atomic E-state index is -0.452. The fourth-order valence-electron chi connectivity index (χ4n) is 0.905. The summed E-state index contributed by atoms with van der Waals surface area (Å²) in [5.41, 5.74) is -0.452. The summed E-state index contributed by atoms with van der Waals surface area (Å²) in [4.78, 5) is 26.5. The second-order valence-electron chi connectivity index (χ2n) is 2.72. The largest absolute Gasteiger partial charge is 0.341 e. The highest BCUT2D eigenvalue weighted by atomic mass is 79.9. The van der Waals surface area contributed by atoms with Gasteiger partial charge in [-0.15, -0.1) is 0 Å². The molecular weight excluding hydrogens is 299 g/mol. The molecule has 16 heavy (non-hydrogen) atoms. The van der Waals surface area contributed by atoms with Crippen LogP contribution in [-0.4, -0.2) is 22.0 Å². The Morgan fingerprint density at radius 3 is 3.06 bits per heavy atom. The third-order valence-corrected chi connectivity index (χ3v) is 2.85. The number of nitrogens with one attached hydrogen (secondary N) is 1. The van der Waals surface area contributed by atoms with Crippen LogP contribution in [0, 0.1) is 11.3 Å². The minimum absolute atomic E-state index is 0.0404. The van der Waals surface area contributed by atoms with E-state index in [-0.39, 0.29) is 22.7 Å². The van der Waals surface area contributed by atoms with Crippen LogP contribution in [-0.2, 0) is 11.3 Å². The van der Waals surface area contributed by atoms with E-state index < -0.39 is 11.5 Å². The quantitative estimate of drug-likeness (QED) is 0.642. The third kappa shape index (κ3) is 3.05. The predicted molar refractivity (Wildman–Crippen MR) is 59.8 cm³/mol. The van der Waals surface area contributed by atoms with Crippen LogP contribution >= 0.6 is 27.5 Å². The van der Waals surface area contributed by atoms with Gasteiger partial charge in [-0.1, -0.05) is 11.6 Å². The summed E-state index contributed by atoms with van der Waals surface area (Å²) in [6.07, 6.45) is 1.17. The Morgan fingerprint density at radius 2 is 2.44 bits per heavy atom. The highest BCUT2D eigenvalue weighted by Crippen LogP contribution is 2.13. The van der Waals surface area contributed by atoms with Gasteiger partial charge in [-0.2, -0.15) is 5.26 Å². The first-order chi connectivity index (χ1) is 7.56. The Kier molecular flexibility index (Phi) is 4.46. The maximum absolute atomic E-state index is 11.5. The summed E-state index contributed by atoms with van der Waals surface area (Å²) in [7, 11) is 0. The molecule has 0 aliphatic rings. The fourth-order valence-corrected chi connectivity index (χ4v) is 1.36. The summed E-state index contributed by atoms with van der Waals surface area (Å²) in [5, 5.41) is 10.6. The van der Waals surface area contributed by atoms with E-state index in [9.17, 15) is 9.59 Å². The topological polar surface area (TPSA) is 87.8 Å². The van der Waals surface area contributed by atoms with E-state index in [0.29, 0.717) is 0 Å². The molecule has 0 radical (unpaired) electrons. The van der Waals surface area contributed by atoms with E-state index >= 15 is 0 Å². The Hall–Kier alpha value is -1.39. The van der Waals surface area contributed by atoms with Gasteiger partial charge in [-0.25, -0.2) is 4.98 Å². The van der Waals surface area contributed by atoms with Crippen molar-refractivity contribution >= 4 is 33.4 Å². The van der Waals surface area contributed by atoms with Crippen LogP contribution < -0.4 is 10.9 Å². The first-order valence-electron chi connectivity index (χ1n) is 4.10. The van der Waals surface area contributed by atoms with Crippen molar-refractivity contribution in [3.8, 4) is 6.07 Å². The number of nitrogens with zero attached hydrogens (tertiary/aromatic N) is 3. The second kappa shape index (κ2) is 5.63. The average molecular weight is 306 g/mol. The number of halogens is 2. The molecule has 84 valence electrons. The van der Waals surface area contributed by atoms with Crippen molar-refractivity contribution in [2.75, 3.05) is 6.54 Å². The Morgan fingerprint density at radius 1 is 1.75 bits per heavy atom. The molecule has 6 nitrogen and oxygen atoms in total. The molecule has 0 saturated carbocycles. The van der Waals surface area contributed by atoms with Gasteiger partial charge in [-0.3, -0.25) is 14.2 Å². The Labute approximate surface area is 104 Å². The predicted octanol–water partition coefficient (Wildman–Crippen LogP) is 0.299. The van der Waals surface area contributed by atoms with Gasteiger partial charge in [0.15, 0.2) is 5.15 Å². The molecule has 1 aromatic rings. The highest BCUT2D eigenvalue weighted by molar-refractivity contribution is 9.10.